The minimum Gasteiger partial charge on any atom is -0.362 e. The third-order valence-electron chi connectivity index (χ3n) is 5.95. The molecule has 176 valence electrons. The highest BCUT2D eigenvalue weighted by molar-refractivity contribution is 9.10. The molecule has 1 aromatic heterocycles. The number of carbonyl (C=O) groups is 2. The fourth-order valence-corrected chi connectivity index (χ4v) is 4.97. The summed E-state index contributed by atoms with van der Waals surface area (Å²) in [5.74, 6) is -0.996. The highest BCUT2D eigenvalue weighted by Crippen LogP contribution is 2.47. The standard InChI is InChI=1S/C24H22BrClN4O4/c1-12-20(23(32)29-19-7-5-14(25)11-27-19)21(13-4-6-15(26)17(8-13)30(33)34)22-16(28-12)9-24(2,3)10-18(22)31/h4-8,11,21,28H,9-10H2,1-3H3,(H,27,29,32). The second kappa shape index (κ2) is 8.96. The van der Waals surface area contributed by atoms with Crippen LogP contribution in [0.4, 0.5) is 11.5 Å². The van der Waals surface area contributed by atoms with Crippen molar-refractivity contribution in [1.82, 2.24) is 10.3 Å². The number of nitro groups is 1. The molecule has 0 spiro atoms. The zero-order chi connectivity index (χ0) is 24.8. The number of nitrogens with zero attached hydrogens (tertiary/aromatic N) is 2. The summed E-state index contributed by atoms with van der Waals surface area (Å²) < 4.78 is 0.761. The molecule has 1 aliphatic heterocycles. The number of dihydropyridines is 1. The van der Waals surface area contributed by atoms with Crippen molar-refractivity contribution < 1.29 is 14.5 Å². The molecule has 1 unspecified atom stereocenters. The number of halogens is 2. The van der Waals surface area contributed by atoms with E-state index in [2.05, 4.69) is 31.5 Å². The second-order valence-corrected chi connectivity index (χ2v) is 10.5. The molecular weight excluding hydrogens is 524 g/mol. The Morgan fingerprint density at radius 1 is 1.29 bits per heavy atom. The largest absolute Gasteiger partial charge is 0.362 e. The lowest BCUT2D eigenvalue weighted by Crippen LogP contribution is -2.39. The third-order valence-corrected chi connectivity index (χ3v) is 6.74. The third kappa shape index (κ3) is 4.63. The summed E-state index contributed by atoms with van der Waals surface area (Å²) in [4.78, 5) is 42.0. The quantitative estimate of drug-likeness (QED) is 0.379. The Morgan fingerprint density at radius 3 is 2.68 bits per heavy atom. The normalized spacial score (nSPS) is 19.4. The van der Waals surface area contributed by atoms with Gasteiger partial charge in [0.05, 0.1) is 4.92 Å². The number of hydrogen-bond acceptors (Lipinski definition) is 6. The van der Waals surface area contributed by atoms with Crippen LogP contribution in [0.25, 0.3) is 0 Å². The molecule has 34 heavy (non-hydrogen) atoms. The Bertz CT molecular complexity index is 1280. The number of ketones is 1. The number of pyridine rings is 1. The van der Waals surface area contributed by atoms with E-state index >= 15 is 0 Å². The predicted octanol–water partition coefficient (Wildman–Crippen LogP) is 5.65. The van der Waals surface area contributed by atoms with Crippen LogP contribution in [0.3, 0.4) is 0 Å². The van der Waals surface area contributed by atoms with Gasteiger partial charge in [0.1, 0.15) is 10.8 Å². The topological polar surface area (TPSA) is 114 Å². The van der Waals surface area contributed by atoms with Gasteiger partial charge in [-0.25, -0.2) is 4.98 Å². The monoisotopic (exact) mass is 544 g/mol. The fraction of sp³-hybridized carbons (Fsp3) is 0.292. The van der Waals surface area contributed by atoms with Gasteiger partial charge in [-0.1, -0.05) is 31.5 Å². The van der Waals surface area contributed by atoms with Crippen molar-refractivity contribution in [3.05, 3.63) is 84.2 Å². The maximum Gasteiger partial charge on any atom is 0.288 e. The van der Waals surface area contributed by atoms with Gasteiger partial charge in [0, 0.05) is 51.6 Å². The summed E-state index contributed by atoms with van der Waals surface area (Å²) in [6, 6.07) is 7.79. The number of rotatable bonds is 4. The van der Waals surface area contributed by atoms with E-state index in [0.717, 1.165) is 10.2 Å². The zero-order valence-corrected chi connectivity index (χ0v) is 21.1. The molecular formula is C24H22BrClN4O4. The van der Waals surface area contributed by atoms with Gasteiger partial charge in [0.15, 0.2) is 5.78 Å². The van der Waals surface area contributed by atoms with E-state index in [0.29, 0.717) is 41.1 Å². The average molecular weight is 546 g/mol. The van der Waals surface area contributed by atoms with Crippen molar-refractivity contribution in [2.24, 2.45) is 5.41 Å². The summed E-state index contributed by atoms with van der Waals surface area (Å²) in [5, 5.41) is 17.6. The fourth-order valence-electron chi connectivity index (χ4n) is 4.55. The Labute approximate surface area is 209 Å². The maximum absolute atomic E-state index is 13.5. The summed E-state index contributed by atoms with van der Waals surface area (Å²) in [5.41, 5.74) is 1.98. The molecule has 0 saturated heterocycles. The molecule has 2 aromatic rings. The number of amides is 1. The molecule has 1 aromatic carbocycles. The zero-order valence-electron chi connectivity index (χ0n) is 18.7. The van der Waals surface area contributed by atoms with Crippen LogP contribution in [-0.2, 0) is 9.59 Å². The molecule has 1 aliphatic carbocycles. The number of nitro benzene ring substituents is 1. The van der Waals surface area contributed by atoms with Crippen LogP contribution < -0.4 is 10.6 Å². The van der Waals surface area contributed by atoms with Crippen molar-refractivity contribution in [2.45, 2.75) is 39.5 Å². The molecule has 1 amide bonds. The Morgan fingerprint density at radius 2 is 2.03 bits per heavy atom. The van der Waals surface area contributed by atoms with E-state index in [4.69, 9.17) is 11.6 Å². The number of hydrogen-bond donors (Lipinski definition) is 2. The lowest BCUT2D eigenvalue weighted by atomic mass is 9.68. The molecule has 2 aliphatic rings. The molecule has 8 nitrogen and oxygen atoms in total. The Hall–Kier alpha value is -3.04. The number of allylic oxidation sites excluding steroid dienone is 3. The van der Waals surface area contributed by atoms with E-state index in [1.807, 2.05) is 13.8 Å². The van der Waals surface area contributed by atoms with Crippen molar-refractivity contribution in [3.8, 4) is 0 Å². The Balaban J connectivity index is 1.85. The van der Waals surface area contributed by atoms with E-state index in [9.17, 15) is 19.7 Å². The van der Waals surface area contributed by atoms with E-state index in [-0.39, 0.29) is 21.9 Å². The first-order valence-corrected chi connectivity index (χ1v) is 11.7. The summed E-state index contributed by atoms with van der Waals surface area (Å²) in [7, 11) is 0. The molecule has 1 atom stereocenters. The average Bonchev–Trinajstić information content (AvgIpc) is 2.73. The lowest BCUT2D eigenvalue weighted by molar-refractivity contribution is -0.384. The summed E-state index contributed by atoms with van der Waals surface area (Å²) >= 11 is 9.36. The molecule has 4 rings (SSSR count). The summed E-state index contributed by atoms with van der Waals surface area (Å²) in [6.45, 7) is 5.79. The van der Waals surface area contributed by atoms with E-state index in [1.54, 1.807) is 31.3 Å². The molecule has 0 saturated carbocycles. The maximum atomic E-state index is 13.5. The van der Waals surface area contributed by atoms with Crippen LogP contribution >= 0.6 is 27.5 Å². The van der Waals surface area contributed by atoms with Gasteiger partial charge in [-0.2, -0.15) is 0 Å². The van der Waals surface area contributed by atoms with Gasteiger partial charge in [0.25, 0.3) is 11.6 Å². The van der Waals surface area contributed by atoms with Crippen LogP contribution in [0.1, 0.15) is 45.1 Å². The second-order valence-electron chi connectivity index (χ2n) is 9.21. The number of anilines is 1. The van der Waals surface area contributed by atoms with Crippen LogP contribution in [0.5, 0.6) is 0 Å². The first kappa shape index (κ1) is 24.1. The first-order chi connectivity index (χ1) is 16.0. The summed E-state index contributed by atoms with van der Waals surface area (Å²) in [6.07, 6.45) is 2.48. The first-order valence-electron chi connectivity index (χ1n) is 10.6. The Kier molecular flexibility index (Phi) is 6.35. The van der Waals surface area contributed by atoms with Gasteiger partial charge < -0.3 is 10.6 Å². The highest BCUT2D eigenvalue weighted by atomic mass is 79.9. The molecule has 0 radical (unpaired) electrons. The van der Waals surface area contributed by atoms with E-state index < -0.39 is 16.7 Å². The van der Waals surface area contributed by atoms with Crippen molar-refractivity contribution in [2.75, 3.05) is 5.32 Å². The van der Waals surface area contributed by atoms with Gasteiger partial charge in [-0.3, -0.25) is 19.7 Å². The number of carbonyl (C=O) groups excluding carboxylic acids is 2. The predicted molar refractivity (Wildman–Crippen MR) is 132 cm³/mol. The molecule has 2 N–H and O–H groups in total. The van der Waals surface area contributed by atoms with Crippen LogP contribution in [-0.4, -0.2) is 21.6 Å². The minimum atomic E-state index is -0.786. The van der Waals surface area contributed by atoms with Gasteiger partial charge in [0.2, 0.25) is 0 Å². The van der Waals surface area contributed by atoms with Gasteiger partial charge in [-0.05, 0) is 58.5 Å². The van der Waals surface area contributed by atoms with Gasteiger partial charge in [-0.15, -0.1) is 0 Å². The van der Waals surface area contributed by atoms with Gasteiger partial charge >= 0.3 is 0 Å². The van der Waals surface area contributed by atoms with Crippen LogP contribution in [0, 0.1) is 15.5 Å². The van der Waals surface area contributed by atoms with Crippen LogP contribution in [0.15, 0.2) is 63.5 Å². The van der Waals surface area contributed by atoms with Crippen LogP contribution in [0.2, 0.25) is 5.02 Å². The molecule has 0 bridgehead atoms. The minimum absolute atomic E-state index is 0.0150. The number of Topliss-reactive ketones (excluding diaryl/α,β-unsaturated/α-hetero) is 1. The molecule has 2 heterocycles. The smallest absolute Gasteiger partial charge is 0.288 e. The molecule has 10 heteroatoms. The highest BCUT2D eigenvalue weighted by Gasteiger charge is 2.43. The number of benzene rings is 1. The van der Waals surface area contributed by atoms with Crippen molar-refractivity contribution in [1.29, 1.82) is 0 Å². The number of aromatic nitrogens is 1. The SMILES string of the molecule is CC1=C(C(=O)Nc2ccc(Br)cn2)C(c2ccc(Cl)c([N+](=O)[O-])c2)C2=C(CC(C)(C)CC2=O)N1. The lowest BCUT2D eigenvalue weighted by Gasteiger charge is -2.39. The van der Waals surface area contributed by atoms with Crippen molar-refractivity contribution in [3.63, 3.8) is 0 Å². The number of nitrogens with one attached hydrogen (secondary N) is 2. The van der Waals surface area contributed by atoms with E-state index in [1.165, 1.54) is 12.1 Å². The molecule has 0 fully saturated rings. The van der Waals surface area contributed by atoms with Crippen molar-refractivity contribution >= 4 is 50.7 Å².